The van der Waals surface area contributed by atoms with Crippen molar-refractivity contribution in [3.8, 4) is 0 Å². The summed E-state index contributed by atoms with van der Waals surface area (Å²) in [5.74, 6) is -1.56. The molecular weight excluding hydrogens is 368 g/mol. The van der Waals surface area contributed by atoms with Crippen LogP contribution >= 0.6 is 11.6 Å². The molecule has 1 aliphatic carbocycles. The molecule has 0 aliphatic heterocycles. The first-order chi connectivity index (χ1) is 11.7. The Hall–Kier alpha value is -1.64. The molecule has 25 heavy (non-hydrogen) atoms. The quantitative estimate of drug-likeness (QED) is 0.656. The van der Waals surface area contributed by atoms with E-state index in [0.29, 0.717) is 0 Å². The summed E-state index contributed by atoms with van der Waals surface area (Å²) in [7, 11) is -3.96. The molecule has 7 nitrogen and oxygen atoms in total. The van der Waals surface area contributed by atoms with Crippen LogP contribution in [0.25, 0.3) is 0 Å². The maximum Gasteiger partial charge on any atom is 0.324 e. The molecule has 0 aromatic heterocycles. The fraction of sp³-hybridized carbons (Fsp3) is 0.500. The number of benzene rings is 1. The zero-order valence-corrected chi connectivity index (χ0v) is 15.6. The van der Waals surface area contributed by atoms with Gasteiger partial charge in [0, 0.05) is 11.1 Å². The van der Waals surface area contributed by atoms with Crippen molar-refractivity contribution in [3.05, 3.63) is 29.3 Å². The van der Waals surface area contributed by atoms with Crippen LogP contribution in [0.2, 0.25) is 5.02 Å². The van der Waals surface area contributed by atoms with Gasteiger partial charge in [-0.05, 0) is 37.0 Å². The van der Waals surface area contributed by atoms with Crippen LogP contribution in [-0.2, 0) is 24.3 Å². The molecule has 2 N–H and O–H groups in total. The minimum Gasteiger partial charge on any atom is -0.454 e. The summed E-state index contributed by atoms with van der Waals surface area (Å²) < 4.78 is 32.2. The number of ether oxygens (including phenoxy) is 1. The van der Waals surface area contributed by atoms with E-state index in [2.05, 4.69) is 10.0 Å². The van der Waals surface area contributed by atoms with E-state index in [9.17, 15) is 18.0 Å². The summed E-state index contributed by atoms with van der Waals surface area (Å²) in [6.07, 6.45) is 1.85. The number of carbonyl (C=O) groups excluding carboxylic acids is 2. The number of hydrogen-bond donors (Lipinski definition) is 2. The second-order valence-corrected chi connectivity index (χ2v) is 8.40. The van der Waals surface area contributed by atoms with Gasteiger partial charge in [0.1, 0.15) is 6.04 Å². The Labute approximate surface area is 152 Å². The lowest BCUT2D eigenvalue weighted by Gasteiger charge is -2.20. The van der Waals surface area contributed by atoms with Crippen LogP contribution in [0.15, 0.2) is 29.2 Å². The molecule has 2 rings (SSSR count). The average Bonchev–Trinajstić information content (AvgIpc) is 3.34. The lowest BCUT2D eigenvalue weighted by atomic mass is 10.1. The number of sulfonamides is 1. The van der Waals surface area contributed by atoms with Crippen molar-refractivity contribution in [3.63, 3.8) is 0 Å². The van der Waals surface area contributed by atoms with E-state index in [1.54, 1.807) is 19.9 Å². The van der Waals surface area contributed by atoms with E-state index < -0.39 is 34.5 Å². The number of halogens is 1. The van der Waals surface area contributed by atoms with Gasteiger partial charge in [0.15, 0.2) is 6.61 Å². The lowest BCUT2D eigenvalue weighted by molar-refractivity contribution is -0.151. The van der Waals surface area contributed by atoms with Crippen LogP contribution in [0.4, 0.5) is 0 Å². The van der Waals surface area contributed by atoms with Gasteiger partial charge in [-0.2, -0.15) is 4.72 Å². The second kappa shape index (κ2) is 8.16. The van der Waals surface area contributed by atoms with Crippen LogP contribution in [-0.4, -0.2) is 39.0 Å². The highest BCUT2D eigenvalue weighted by atomic mass is 35.5. The SMILES string of the molecule is CC(C)[C@H](NS(=O)(=O)c1cccc(Cl)c1)C(=O)OCC(=O)NC1CC1. The molecule has 1 fully saturated rings. The number of hydrogen-bond acceptors (Lipinski definition) is 5. The molecule has 1 aromatic rings. The highest BCUT2D eigenvalue weighted by Crippen LogP contribution is 2.19. The Morgan fingerprint density at radius 1 is 1.32 bits per heavy atom. The van der Waals surface area contributed by atoms with Gasteiger partial charge in [-0.15, -0.1) is 0 Å². The molecule has 1 atom stereocenters. The van der Waals surface area contributed by atoms with E-state index in [4.69, 9.17) is 16.3 Å². The smallest absolute Gasteiger partial charge is 0.324 e. The molecule has 1 saturated carbocycles. The minimum atomic E-state index is -3.96. The maximum absolute atomic E-state index is 12.4. The van der Waals surface area contributed by atoms with E-state index >= 15 is 0 Å². The summed E-state index contributed by atoms with van der Waals surface area (Å²) in [6, 6.07) is 4.76. The highest BCUT2D eigenvalue weighted by molar-refractivity contribution is 7.89. The molecule has 9 heteroatoms. The topological polar surface area (TPSA) is 102 Å². The molecule has 0 saturated heterocycles. The van der Waals surface area contributed by atoms with Crippen LogP contribution in [0.3, 0.4) is 0 Å². The summed E-state index contributed by atoms with van der Waals surface area (Å²) in [5, 5.41) is 2.96. The zero-order chi connectivity index (χ0) is 18.6. The third kappa shape index (κ3) is 5.98. The molecule has 0 spiro atoms. The Morgan fingerprint density at radius 3 is 2.56 bits per heavy atom. The van der Waals surface area contributed by atoms with E-state index in [1.807, 2.05) is 0 Å². The van der Waals surface area contributed by atoms with Crippen molar-refractivity contribution >= 4 is 33.5 Å². The predicted molar refractivity (Wildman–Crippen MR) is 92.5 cm³/mol. The van der Waals surface area contributed by atoms with Crippen molar-refractivity contribution in [2.75, 3.05) is 6.61 Å². The van der Waals surface area contributed by atoms with Crippen LogP contribution in [0, 0.1) is 5.92 Å². The molecule has 0 unspecified atom stereocenters. The van der Waals surface area contributed by atoms with Crippen molar-refractivity contribution < 1.29 is 22.7 Å². The fourth-order valence-electron chi connectivity index (χ4n) is 2.05. The van der Waals surface area contributed by atoms with E-state index in [-0.39, 0.29) is 21.9 Å². The van der Waals surface area contributed by atoms with Gasteiger partial charge in [-0.25, -0.2) is 8.42 Å². The first-order valence-corrected chi connectivity index (χ1v) is 9.79. The molecule has 0 heterocycles. The minimum absolute atomic E-state index is 0.0510. The van der Waals surface area contributed by atoms with Gasteiger partial charge in [0.25, 0.3) is 5.91 Å². The largest absolute Gasteiger partial charge is 0.454 e. The lowest BCUT2D eigenvalue weighted by Crippen LogP contribution is -2.46. The molecule has 1 amide bonds. The molecule has 1 aliphatic rings. The molecule has 0 bridgehead atoms. The van der Waals surface area contributed by atoms with Crippen LogP contribution in [0.1, 0.15) is 26.7 Å². The number of amides is 1. The van der Waals surface area contributed by atoms with Gasteiger partial charge >= 0.3 is 5.97 Å². The Morgan fingerprint density at radius 2 is 2.00 bits per heavy atom. The molecular formula is C16H21ClN2O5S. The maximum atomic E-state index is 12.4. The fourth-order valence-corrected chi connectivity index (χ4v) is 3.68. The third-order valence-corrected chi connectivity index (χ3v) is 5.27. The van der Waals surface area contributed by atoms with Gasteiger partial charge in [0.05, 0.1) is 4.90 Å². The standard InChI is InChI=1S/C16H21ClN2O5S/c1-10(2)15(16(21)24-9-14(20)18-12-6-7-12)19-25(22,23)13-5-3-4-11(17)8-13/h3-5,8,10,12,15,19H,6-7,9H2,1-2H3,(H,18,20)/t15-/m0/s1. The summed E-state index contributed by atoms with van der Waals surface area (Å²) in [5.41, 5.74) is 0. The molecule has 0 radical (unpaired) electrons. The highest BCUT2D eigenvalue weighted by Gasteiger charge is 2.30. The summed E-state index contributed by atoms with van der Waals surface area (Å²) >= 11 is 5.82. The number of carbonyl (C=O) groups is 2. The van der Waals surface area contributed by atoms with E-state index in [0.717, 1.165) is 12.8 Å². The average molecular weight is 389 g/mol. The predicted octanol–water partition coefficient (Wildman–Crippen LogP) is 1.46. The molecule has 1 aromatic carbocycles. The molecule has 138 valence electrons. The van der Waals surface area contributed by atoms with Crippen molar-refractivity contribution in [2.45, 2.75) is 43.7 Å². The van der Waals surface area contributed by atoms with Gasteiger partial charge in [0.2, 0.25) is 10.0 Å². The summed E-state index contributed by atoms with van der Waals surface area (Å²) in [6.45, 7) is 2.92. The normalized spacial score (nSPS) is 15.7. The zero-order valence-electron chi connectivity index (χ0n) is 14.0. The van der Waals surface area contributed by atoms with Gasteiger partial charge < -0.3 is 10.1 Å². The van der Waals surface area contributed by atoms with Gasteiger partial charge in [-0.3, -0.25) is 9.59 Å². The monoisotopic (exact) mass is 388 g/mol. The van der Waals surface area contributed by atoms with Crippen molar-refractivity contribution in [1.29, 1.82) is 0 Å². The number of nitrogens with one attached hydrogen (secondary N) is 2. The van der Waals surface area contributed by atoms with Crippen LogP contribution < -0.4 is 10.0 Å². The van der Waals surface area contributed by atoms with Crippen LogP contribution in [0.5, 0.6) is 0 Å². The van der Waals surface area contributed by atoms with Crippen molar-refractivity contribution in [1.82, 2.24) is 10.0 Å². The first-order valence-electron chi connectivity index (χ1n) is 7.93. The Balaban J connectivity index is 2.01. The summed E-state index contributed by atoms with van der Waals surface area (Å²) in [4.78, 5) is 23.8. The third-order valence-electron chi connectivity index (χ3n) is 3.60. The van der Waals surface area contributed by atoms with E-state index in [1.165, 1.54) is 18.2 Å². The second-order valence-electron chi connectivity index (χ2n) is 6.25. The van der Waals surface area contributed by atoms with Gasteiger partial charge in [-0.1, -0.05) is 31.5 Å². The Kier molecular flexibility index (Phi) is 6.42. The first kappa shape index (κ1) is 19.7. The number of esters is 1. The Bertz CT molecular complexity index is 747. The van der Waals surface area contributed by atoms with Crippen molar-refractivity contribution in [2.24, 2.45) is 5.92 Å². The number of rotatable bonds is 8.